The van der Waals surface area contributed by atoms with Gasteiger partial charge in [-0.25, -0.2) is 0 Å². The van der Waals surface area contributed by atoms with Crippen LogP contribution in [0, 0.1) is 6.92 Å². The molecule has 0 radical (unpaired) electrons. The molecule has 1 heterocycles. The Hall–Kier alpha value is -2.10. The van der Waals surface area contributed by atoms with Crippen LogP contribution in [0.4, 0.5) is 0 Å². The highest BCUT2D eigenvalue weighted by Crippen LogP contribution is 2.13. The van der Waals surface area contributed by atoms with Gasteiger partial charge in [-0.3, -0.25) is 9.59 Å². The maximum absolute atomic E-state index is 11.9. The van der Waals surface area contributed by atoms with Gasteiger partial charge in [0.25, 0.3) is 5.56 Å². The molecular weight excluding hydrogens is 228 g/mol. The first-order chi connectivity index (χ1) is 8.47. The summed E-state index contributed by atoms with van der Waals surface area (Å²) >= 11 is 0. The molecule has 18 heavy (non-hydrogen) atoms. The summed E-state index contributed by atoms with van der Waals surface area (Å²) in [6, 6.07) is 7.72. The predicted octanol–water partition coefficient (Wildman–Crippen LogP) is 1.81. The number of aromatic amines is 1. The van der Waals surface area contributed by atoms with Gasteiger partial charge in [0.15, 0.2) is 0 Å². The number of hydrogen-bond acceptors (Lipinski definition) is 2. The van der Waals surface area contributed by atoms with Crippen LogP contribution in [0.15, 0.2) is 29.1 Å². The number of pyridine rings is 1. The number of H-pyrrole nitrogens is 1. The van der Waals surface area contributed by atoms with E-state index in [1.807, 2.05) is 31.2 Å². The second-order valence-electron chi connectivity index (χ2n) is 4.59. The normalized spacial score (nSPS) is 10.6. The zero-order valence-corrected chi connectivity index (χ0v) is 10.8. The van der Waals surface area contributed by atoms with E-state index in [9.17, 15) is 9.59 Å². The highest BCUT2D eigenvalue weighted by Gasteiger charge is 2.08. The van der Waals surface area contributed by atoms with Crippen LogP contribution in [-0.4, -0.2) is 22.8 Å². The molecule has 0 unspecified atom stereocenters. The Bertz CT molecular complexity index is 658. The maximum atomic E-state index is 11.9. The summed E-state index contributed by atoms with van der Waals surface area (Å²) in [5.74, 6) is -0.0567. The zero-order valence-electron chi connectivity index (χ0n) is 10.8. The fourth-order valence-electron chi connectivity index (χ4n) is 1.86. The third kappa shape index (κ3) is 2.42. The van der Waals surface area contributed by atoms with E-state index in [1.54, 1.807) is 7.05 Å². The number of nitrogens with one attached hydrogen (secondary N) is 1. The van der Waals surface area contributed by atoms with Gasteiger partial charge < -0.3 is 9.88 Å². The van der Waals surface area contributed by atoms with Gasteiger partial charge in [0, 0.05) is 25.1 Å². The predicted molar refractivity (Wildman–Crippen MR) is 71.5 cm³/mol. The minimum absolute atomic E-state index is 0.0567. The molecule has 4 nitrogen and oxygen atoms in total. The quantitative estimate of drug-likeness (QED) is 0.876. The van der Waals surface area contributed by atoms with E-state index in [4.69, 9.17) is 0 Å². The standard InChI is InChI=1S/C14H16N2O2/c1-9-4-5-13-11(6-9)7-12(14(18)15-13)8-16(3)10(2)17/h4-7H,8H2,1-3H3,(H,15,18). The summed E-state index contributed by atoms with van der Waals surface area (Å²) in [7, 11) is 1.68. The van der Waals surface area contributed by atoms with Gasteiger partial charge in [0.1, 0.15) is 0 Å². The molecule has 4 heteroatoms. The molecule has 1 N–H and O–H groups in total. The lowest BCUT2D eigenvalue weighted by molar-refractivity contribution is -0.128. The average Bonchev–Trinajstić information content (AvgIpc) is 2.30. The van der Waals surface area contributed by atoms with Crippen molar-refractivity contribution >= 4 is 16.8 Å². The molecule has 1 aromatic heterocycles. The lowest BCUT2D eigenvalue weighted by Gasteiger charge is -2.14. The summed E-state index contributed by atoms with van der Waals surface area (Å²) < 4.78 is 0. The molecule has 1 aromatic carbocycles. The molecule has 0 aliphatic heterocycles. The fourth-order valence-corrected chi connectivity index (χ4v) is 1.86. The molecule has 0 atom stereocenters. The number of aromatic nitrogens is 1. The van der Waals surface area contributed by atoms with Crippen molar-refractivity contribution in [1.29, 1.82) is 0 Å². The first kappa shape index (κ1) is 12.4. The highest BCUT2D eigenvalue weighted by molar-refractivity contribution is 5.80. The lowest BCUT2D eigenvalue weighted by atomic mass is 10.1. The second-order valence-corrected chi connectivity index (χ2v) is 4.59. The van der Waals surface area contributed by atoms with Crippen molar-refractivity contribution in [1.82, 2.24) is 9.88 Å². The molecule has 2 aromatic rings. The van der Waals surface area contributed by atoms with Crippen LogP contribution >= 0.6 is 0 Å². The maximum Gasteiger partial charge on any atom is 0.253 e. The number of rotatable bonds is 2. The van der Waals surface area contributed by atoms with Crippen LogP contribution < -0.4 is 5.56 Å². The third-order valence-corrected chi connectivity index (χ3v) is 3.02. The Labute approximate surface area is 105 Å². The molecule has 0 aliphatic rings. The number of hydrogen-bond donors (Lipinski definition) is 1. The van der Waals surface area contributed by atoms with Gasteiger partial charge in [-0.15, -0.1) is 0 Å². The number of carbonyl (C=O) groups excluding carboxylic acids is 1. The number of fused-ring (bicyclic) bond motifs is 1. The monoisotopic (exact) mass is 244 g/mol. The molecule has 0 saturated heterocycles. The molecule has 0 bridgehead atoms. The van der Waals surface area contributed by atoms with Crippen LogP contribution in [0.5, 0.6) is 0 Å². The third-order valence-electron chi connectivity index (χ3n) is 3.02. The number of benzene rings is 1. The molecule has 0 fully saturated rings. The first-order valence-corrected chi connectivity index (χ1v) is 5.81. The average molecular weight is 244 g/mol. The number of nitrogens with zero attached hydrogens (tertiary/aromatic N) is 1. The van der Waals surface area contributed by atoms with Gasteiger partial charge in [0.2, 0.25) is 5.91 Å². The highest BCUT2D eigenvalue weighted by atomic mass is 16.2. The zero-order chi connectivity index (χ0) is 13.3. The Morgan fingerprint density at radius 2 is 2.06 bits per heavy atom. The fraction of sp³-hybridized carbons (Fsp3) is 0.286. The summed E-state index contributed by atoms with van der Waals surface area (Å²) in [5.41, 5.74) is 2.42. The van der Waals surface area contributed by atoms with Gasteiger partial charge in [-0.05, 0) is 30.5 Å². The first-order valence-electron chi connectivity index (χ1n) is 5.81. The van der Waals surface area contributed by atoms with Crippen molar-refractivity contribution in [3.8, 4) is 0 Å². The summed E-state index contributed by atoms with van der Waals surface area (Å²) in [5, 5.41) is 0.988. The van der Waals surface area contributed by atoms with E-state index in [2.05, 4.69) is 4.98 Å². The molecular formula is C14H16N2O2. The summed E-state index contributed by atoms with van der Waals surface area (Å²) in [6.07, 6.45) is 0. The van der Waals surface area contributed by atoms with Gasteiger partial charge in [-0.1, -0.05) is 11.6 Å². The molecule has 94 valence electrons. The van der Waals surface area contributed by atoms with Crippen molar-refractivity contribution in [2.24, 2.45) is 0 Å². The van der Waals surface area contributed by atoms with Gasteiger partial charge in [0.05, 0.1) is 6.54 Å². The number of amides is 1. The van der Waals surface area contributed by atoms with Crippen LogP contribution in [0.25, 0.3) is 10.9 Å². The molecule has 0 spiro atoms. The van der Waals surface area contributed by atoms with E-state index >= 15 is 0 Å². The van der Waals surface area contributed by atoms with Crippen LogP contribution in [0.2, 0.25) is 0 Å². The summed E-state index contributed by atoms with van der Waals surface area (Å²) in [6.45, 7) is 3.82. The van der Waals surface area contributed by atoms with Crippen molar-refractivity contribution in [3.05, 3.63) is 45.7 Å². The second kappa shape index (κ2) is 4.64. The minimum Gasteiger partial charge on any atom is -0.341 e. The van der Waals surface area contributed by atoms with Crippen LogP contribution in [-0.2, 0) is 11.3 Å². The molecule has 0 saturated carbocycles. The Kier molecular flexibility index (Phi) is 3.19. The van der Waals surface area contributed by atoms with Crippen LogP contribution in [0.3, 0.4) is 0 Å². The van der Waals surface area contributed by atoms with Crippen molar-refractivity contribution in [2.75, 3.05) is 7.05 Å². The number of carbonyl (C=O) groups is 1. The van der Waals surface area contributed by atoms with E-state index in [0.717, 1.165) is 16.5 Å². The van der Waals surface area contributed by atoms with E-state index < -0.39 is 0 Å². The topological polar surface area (TPSA) is 53.2 Å². The summed E-state index contributed by atoms with van der Waals surface area (Å²) in [4.78, 5) is 27.4. The van der Waals surface area contributed by atoms with E-state index in [0.29, 0.717) is 12.1 Å². The Balaban J connectivity index is 2.48. The Morgan fingerprint density at radius 3 is 2.72 bits per heavy atom. The number of aryl methyl sites for hydroxylation is 1. The van der Waals surface area contributed by atoms with E-state index in [-0.39, 0.29) is 11.5 Å². The van der Waals surface area contributed by atoms with Gasteiger partial charge in [-0.2, -0.15) is 0 Å². The minimum atomic E-state index is -0.139. The molecule has 1 amide bonds. The smallest absolute Gasteiger partial charge is 0.253 e. The van der Waals surface area contributed by atoms with Gasteiger partial charge >= 0.3 is 0 Å². The van der Waals surface area contributed by atoms with Crippen LogP contribution in [0.1, 0.15) is 18.1 Å². The van der Waals surface area contributed by atoms with Crippen molar-refractivity contribution < 1.29 is 4.79 Å². The largest absolute Gasteiger partial charge is 0.341 e. The Morgan fingerprint density at radius 1 is 1.33 bits per heavy atom. The molecule has 0 aliphatic carbocycles. The lowest BCUT2D eigenvalue weighted by Crippen LogP contribution is -2.27. The van der Waals surface area contributed by atoms with E-state index in [1.165, 1.54) is 11.8 Å². The SMILES string of the molecule is CC(=O)N(C)Cc1cc2cc(C)ccc2[nH]c1=O. The molecule has 2 rings (SSSR count). The van der Waals surface area contributed by atoms with Crippen molar-refractivity contribution in [2.45, 2.75) is 20.4 Å². The van der Waals surface area contributed by atoms with Crippen molar-refractivity contribution in [3.63, 3.8) is 0 Å².